The van der Waals surface area contributed by atoms with Gasteiger partial charge in [-0.25, -0.2) is 4.98 Å². The summed E-state index contributed by atoms with van der Waals surface area (Å²) in [5, 5.41) is 3.27. The second-order valence-corrected chi connectivity index (χ2v) is 4.43. The SMILES string of the molecule is Cc1ccc(Nc2ccnc(N)c2)c(Br)c1. The molecule has 0 spiro atoms. The van der Waals surface area contributed by atoms with Crippen molar-refractivity contribution in [2.75, 3.05) is 11.1 Å². The Labute approximate surface area is 103 Å². The maximum Gasteiger partial charge on any atom is 0.125 e. The van der Waals surface area contributed by atoms with E-state index in [0.717, 1.165) is 15.8 Å². The Hall–Kier alpha value is -1.55. The van der Waals surface area contributed by atoms with Gasteiger partial charge < -0.3 is 11.1 Å². The van der Waals surface area contributed by atoms with E-state index in [0.29, 0.717) is 5.82 Å². The van der Waals surface area contributed by atoms with Gasteiger partial charge in [0.05, 0.1) is 5.69 Å². The van der Waals surface area contributed by atoms with Gasteiger partial charge >= 0.3 is 0 Å². The summed E-state index contributed by atoms with van der Waals surface area (Å²) < 4.78 is 1.03. The second-order valence-electron chi connectivity index (χ2n) is 3.58. The van der Waals surface area contributed by atoms with Crippen LogP contribution >= 0.6 is 15.9 Å². The lowest BCUT2D eigenvalue weighted by Gasteiger charge is -2.09. The number of aromatic nitrogens is 1. The van der Waals surface area contributed by atoms with Gasteiger partial charge in [0.15, 0.2) is 0 Å². The van der Waals surface area contributed by atoms with Crippen molar-refractivity contribution in [3.63, 3.8) is 0 Å². The maximum absolute atomic E-state index is 5.61. The van der Waals surface area contributed by atoms with Crippen molar-refractivity contribution < 1.29 is 0 Å². The molecule has 82 valence electrons. The molecule has 2 aromatic rings. The standard InChI is InChI=1S/C12H12BrN3/c1-8-2-3-11(10(13)6-8)16-9-4-5-15-12(14)7-9/h2-7H,1H3,(H3,14,15,16). The predicted molar refractivity (Wildman–Crippen MR) is 70.8 cm³/mol. The van der Waals surface area contributed by atoms with Crippen molar-refractivity contribution in [3.8, 4) is 0 Å². The maximum atomic E-state index is 5.61. The normalized spacial score (nSPS) is 10.1. The number of nitrogen functional groups attached to an aromatic ring is 1. The smallest absolute Gasteiger partial charge is 0.125 e. The number of aryl methyl sites for hydroxylation is 1. The van der Waals surface area contributed by atoms with Crippen molar-refractivity contribution in [1.82, 2.24) is 4.98 Å². The first kappa shape index (κ1) is 11.0. The molecule has 4 heteroatoms. The van der Waals surface area contributed by atoms with E-state index in [1.807, 2.05) is 12.1 Å². The average Bonchev–Trinajstić information content (AvgIpc) is 2.22. The number of hydrogen-bond acceptors (Lipinski definition) is 3. The molecule has 0 unspecified atom stereocenters. The minimum Gasteiger partial charge on any atom is -0.384 e. The highest BCUT2D eigenvalue weighted by Crippen LogP contribution is 2.26. The molecule has 0 aliphatic heterocycles. The molecule has 1 aromatic carbocycles. The minimum atomic E-state index is 0.508. The summed E-state index contributed by atoms with van der Waals surface area (Å²) in [5.74, 6) is 0.508. The van der Waals surface area contributed by atoms with Gasteiger partial charge in [0.25, 0.3) is 0 Å². The monoisotopic (exact) mass is 277 g/mol. The summed E-state index contributed by atoms with van der Waals surface area (Å²) in [4.78, 5) is 3.94. The van der Waals surface area contributed by atoms with Crippen LogP contribution in [0.3, 0.4) is 0 Å². The van der Waals surface area contributed by atoms with E-state index in [-0.39, 0.29) is 0 Å². The number of anilines is 3. The third-order valence-electron chi connectivity index (χ3n) is 2.18. The highest BCUT2D eigenvalue weighted by Gasteiger charge is 2.00. The van der Waals surface area contributed by atoms with E-state index >= 15 is 0 Å². The number of nitrogens with one attached hydrogen (secondary N) is 1. The fourth-order valence-electron chi connectivity index (χ4n) is 1.40. The topological polar surface area (TPSA) is 50.9 Å². The van der Waals surface area contributed by atoms with Crippen LogP contribution in [-0.4, -0.2) is 4.98 Å². The van der Waals surface area contributed by atoms with Crippen molar-refractivity contribution in [2.24, 2.45) is 0 Å². The van der Waals surface area contributed by atoms with Gasteiger partial charge in [-0.05, 0) is 46.6 Å². The molecule has 1 aromatic heterocycles. The molecule has 0 bridgehead atoms. The molecule has 1 heterocycles. The van der Waals surface area contributed by atoms with E-state index in [1.165, 1.54) is 5.56 Å². The molecule has 0 atom stereocenters. The summed E-state index contributed by atoms with van der Waals surface area (Å²) in [7, 11) is 0. The Morgan fingerprint density at radius 2 is 2.06 bits per heavy atom. The number of benzene rings is 1. The van der Waals surface area contributed by atoms with Gasteiger partial charge in [0, 0.05) is 22.4 Å². The molecule has 0 radical (unpaired) electrons. The van der Waals surface area contributed by atoms with Crippen molar-refractivity contribution in [2.45, 2.75) is 6.92 Å². The summed E-state index contributed by atoms with van der Waals surface area (Å²) in [5.41, 5.74) is 8.76. The van der Waals surface area contributed by atoms with Crippen LogP contribution in [0.5, 0.6) is 0 Å². The van der Waals surface area contributed by atoms with Gasteiger partial charge in [-0.3, -0.25) is 0 Å². The Balaban J connectivity index is 2.27. The second kappa shape index (κ2) is 4.53. The molecule has 16 heavy (non-hydrogen) atoms. The molecule has 0 amide bonds. The van der Waals surface area contributed by atoms with Gasteiger partial charge in [-0.2, -0.15) is 0 Å². The van der Waals surface area contributed by atoms with E-state index < -0.39 is 0 Å². The summed E-state index contributed by atoms with van der Waals surface area (Å²) in [6.07, 6.45) is 1.68. The molecule has 0 fully saturated rings. The number of nitrogens with zero attached hydrogens (tertiary/aromatic N) is 1. The first-order chi connectivity index (χ1) is 7.65. The van der Waals surface area contributed by atoms with Crippen molar-refractivity contribution in [1.29, 1.82) is 0 Å². The fourth-order valence-corrected chi connectivity index (χ4v) is 2.00. The van der Waals surface area contributed by atoms with Gasteiger partial charge in [0.1, 0.15) is 5.82 Å². The molecule has 2 rings (SSSR count). The average molecular weight is 278 g/mol. The van der Waals surface area contributed by atoms with Crippen LogP contribution in [0.15, 0.2) is 41.0 Å². The Morgan fingerprint density at radius 1 is 1.25 bits per heavy atom. The Bertz CT molecular complexity index is 511. The van der Waals surface area contributed by atoms with Crippen molar-refractivity contribution >= 4 is 33.1 Å². The van der Waals surface area contributed by atoms with Gasteiger partial charge in [-0.15, -0.1) is 0 Å². The van der Waals surface area contributed by atoms with Crippen LogP contribution < -0.4 is 11.1 Å². The highest BCUT2D eigenvalue weighted by molar-refractivity contribution is 9.10. The number of pyridine rings is 1. The lowest BCUT2D eigenvalue weighted by Crippen LogP contribution is -1.95. The molecule has 0 aliphatic carbocycles. The summed E-state index contributed by atoms with van der Waals surface area (Å²) in [6, 6.07) is 9.81. The number of rotatable bonds is 2. The molecule has 3 nitrogen and oxygen atoms in total. The van der Waals surface area contributed by atoms with Crippen LogP contribution in [0.4, 0.5) is 17.2 Å². The summed E-state index contributed by atoms with van der Waals surface area (Å²) >= 11 is 3.51. The third kappa shape index (κ3) is 2.52. The third-order valence-corrected chi connectivity index (χ3v) is 2.84. The van der Waals surface area contributed by atoms with Crippen LogP contribution in [-0.2, 0) is 0 Å². The minimum absolute atomic E-state index is 0.508. The zero-order chi connectivity index (χ0) is 11.5. The lowest BCUT2D eigenvalue weighted by molar-refractivity contribution is 1.33. The predicted octanol–water partition coefficient (Wildman–Crippen LogP) is 3.48. The quantitative estimate of drug-likeness (QED) is 0.884. The van der Waals surface area contributed by atoms with Crippen LogP contribution in [0.2, 0.25) is 0 Å². The van der Waals surface area contributed by atoms with E-state index in [4.69, 9.17) is 5.73 Å². The Kier molecular flexibility index (Phi) is 3.10. The van der Waals surface area contributed by atoms with Gasteiger partial charge in [0.2, 0.25) is 0 Å². The number of halogens is 1. The molecular weight excluding hydrogens is 266 g/mol. The van der Waals surface area contributed by atoms with Crippen LogP contribution in [0, 0.1) is 6.92 Å². The Morgan fingerprint density at radius 3 is 2.75 bits per heavy atom. The van der Waals surface area contributed by atoms with Crippen molar-refractivity contribution in [3.05, 3.63) is 46.6 Å². The first-order valence-electron chi connectivity index (χ1n) is 4.90. The largest absolute Gasteiger partial charge is 0.384 e. The zero-order valence-corrected chi connectivity index (χ0v) is 10.5. The number of hydrogen-bond donors (Lipinski definition) is 2. The van der Waals surface area contributed by atoms with Crippen LogP contribution in [0.1, 0.15) is 5.56 Å². The van der Waals surface area contributed by atoms with Crippen LogP contribution in [0.25, 0.3) is 0 Å². The molecule has 3 N–H and O–H groups in total. The van der Waals surface area contributed by atoms with E-state index in [9.17, 15) is 0 Å². The first-order valence-corrected chi connectivity index (χ1v) is 5.69. The number of nitrogens with two attached hydrogens (primary N) is 1. The van der Waals surface area contributed by atoms with E-state index in [2.05, 4.69) is 45.3 Å². The molecule has 0 saturated carbocycles. The summed E-state index contributed by atoms with van der Waals surface area (Å²) in [6.45, 7) is 2.05. The molecular formula is C12H12BrN3. The molecule has 0 aliphatic rings. The zero-order valence-electron chi connectivity index (χ0n) is 8.87. The van der Waals surface area contributed by atoms with E-state index in [1.54, 1.807) is 12.3 Å². The highest BCUT2D eigenvalue weighted by atomic mass is 79.9. The van der Waals surface area contributed by atoms with Gasteiger partial charge in [-0.1, -0.05) is 6.07 Å². The fraction of sp³-hybridized carbons (Fsp3) is 0.0833. The molecule has 0 saturated heterocycles. The lowest BCUT2D eigenvalue weighted by atomic mass is 10.2.